The van der Waals surface area contributed by atoms with Crippen LogP contribution in [0.2, 0.25) is 0 Å². The molecule has 1 aliphatic carbocycles. The molecule has 7 heteroatoms. The molecule has 4 aromatic rings. The van der Waals surface area contributed by atoms with Crippen molar-refractivity contribution in [2.75, 3.05) is 27.3 Å². The van der Waals surface area contributed by atoms with Crippen LogP contribution in [0.5, 0.6) is 0 Å². The maximum Gasteiger partial charge on any atom is 0.270 e. The summed E-state index contributed by atoms with van der Waals surface area (Å²) in [6, 6.07) is 12.2. The number of para-hydroxylation sites is 1. The van der Waals surface area contributed by atoms with Gasteiger partial charge in [-0.1, -0.05) is 18.2 Å². The summed E-state index contributed by atoms with van der Waals surface area (Å²) in [7, 11) is 3.44. The van der Waals surface area contributed by atoms with E-state index in [1.807, 2.05) is 16.7 Å². The summed E-state index contributed by atoms with van der Waals surface area (Å²) >= 11 is 0. The molecular weight excluding hydrogens is 378 g/mol. The van der Waals surface area contributed by atoms with E-state index in [2.05, 4.69) is 32.7 Å². The monoisotopic (exact) mass is 403 g/mol. The zero-order chi connectivity index (χ0) is 20.7. The van der Waals surface area contributed by atoms with Gasteiger partial charge in [-0.3, -0.25) is 9.36 Å². The molecule has 0 radical (unpaired) electrons. The van der Waals surface area contributed by atoms with Crippen LogP contribution < -0.4 is 0 Å². The number of fused-ring (bicyclic) bond motifs is 3. The van der Waals surface area contributed by atoms with Gasteiger partial charge in [0.15, 0.2) is 0 Å². The Bertz CT molecular complexity index is 1210. The maximum absolute atomic E-state index is 13.4. The highest BCUT2D eigenvalue weighted by atomic mass is 16.5. The Morgan fingerprint density at radius 1 is 1.17 bits per heavy atom. The number of ether oxygens (including phenoxy) is 1. The molecule has 1 saturated carbocycles. The lowest BCUT2D eigenvalue weighted by Crippen LogP contribution is -2.31. The Morgan fingerprint density at radius 2 is 1.93 bits per heavy atom. The van der Waals surface area contributed by atoms with E-state index in [0.717, 1.165) is 23.0 Å². The molecule has 154 valence electrons. The normalized spacial score (nSPS) is 13.9. The first kappa shape index (κ1) is 18.8. The van der Waals surface area contributed by atoms with Crippen molar-refractivity contribution in [3.05, 3.63) is 54.5 Å². The van der Waals surface area contributed by atoms with E-state index in [-0.39, 0.29) is 5.91 Å². The van der Waals surface area contributed by atoms with Crippen LogP contribution >= 0.6 is 0 Å². The molecular formula is C23H25N5O2. The fourth-order valence-electron chi connectivity index (χ4n) is 4.05. The number of rotatable bonds is 7. The summed E-state index contributed by atoms with van der Waals surface area (Å²) in [5.41, 5.74) is 3.80. The fraction of sp³-hybridized carbons (Fsp3) is 0.348. The highest BCUT2D eigenvalue weighted by molar-refractivity contribution is 6.10. The van der Waals surface area contributed by atoms with Gasteiger partial charge in [0.25, 0.3) is 5.91 Å². The van der Waals surface area contributed by atoms with Crippen LogP contribution in [-0.2, 0) is 11.3 Å². The molecule has 1 amide bonds. The molecule has 3 heterocycles. The van der Waals surface area contributed by atoms with Gasteiger partial charge in [-0.2, -0.15) is 0 Å². The third-order valence-electron chi connectivity index (χ3n) is 5.81. The lowest BCUT2D eigenvalue weighted by atomic mass is 10.2. The minimum atomic E-state index is -0.0715. The summed E-state index contributed by atoms with van der Waals surface area (Å²) in [6.07, 6.45) is 5.95. The summed E-state index contributed by atoms with van der Waals surface area (Å²) in [6.45, 7) is 1.97. The van der Waals surface area contributed by atoms with Gasteiger partial charge in [-0.15, -0.1) is 0 Å². The molecule has 0 atom stereocenters. The van der Waals surface area contributed by atoms with Crippen LogP contribution in [0.15, 0.2) is 48.8 Å². The Hall–Kier alpha value is -3.19. The van der Waals surface area contributed by atoms with E-state index in [1.54, 1.807) is 37.5 Å². The van der Waals surface area contributed by atoms with Crippen molar-refractivity contribution in [2.45, 2.75) is 19.4 Å². The topological polar surface area (TPSA) is 65.2 Å². The van der Waals surface area contributed by atoms with Crippen LogP contribution in [0.1, 0.15) is 23.3 Å². The third kappa shape index (κ3) is 3.15. The first-order valence-electron chi connectivity index (χ1n) is 10.3. The first-order valence-corrected chi connectivity index (χ1v) is 10.3. The van der Waals surface area contributed by atoms with Gasteiger partial charge in [-0.25, -0.2) is 9.97 Å². The number of benzene rings is 1. The van der Waals surface area contributed by atoms with E-state index < -0.39 is 0 Å². The van der Waals surface area contributed by atoms with Gasteiger partial charge in [0, 0.05) is 45.0 Å². The predicted molar refractivity (Wildman–Crippen MR) is 116 cm³/mol. The molecule has 0 unspecified atom stereocenters. The van der Waals surface area contributed by atoms with Crippen LogP contribution in [0.3, 0.4) is 0 Å². The van der Waals surface area contributed by atoms with Crippen LogP contribution in [0.4, 0.5) is 0 Å². The van der Waals surface area contributed by atoms with Gasteiger partial charge in [-0.05, 0) is 37.0 Å². The molecule has 0 saturated heterocycles. The second-order valence-corrected chi connectivity index (χ2v) is 7.94. The molecule has 30 heavy (non-hydrogen) atoms. The number of likely N-dealkylation sites (N-methyl/N-ethyl adjacent to an activating group) is 1. The third-order valence-corrected chi connectivity index (χ3v) is 5.81. The van der Waals surface area contributed by atoms with Crippen LogP contribution in [0.25, 0.3) is 27.9 Å². The second-order valence-electron chi connectivity index (χ2n) is 7.94. The summed E-state index contributed by atoms with van der Waals surface area (Å²) in [5.74, 6) is 1.15. The van der Waals surface area contributed by atoms with Crippen molar-refractivity contribution in [1.29, 1.82) is 0 Å². The lowest BCUT2D eigenvalue weighted by molar-refractivity contribution is 0.0736. The van der Waals surface area contributed by atoms with Gasteiger partial charge >= 0.3 is 0 Å². The molecule has 0 aliphatic heterocycles. The Morgan fingerprint density at radius 3 is 2.67 bits per heavy atom. The van der Waals surface area contributed by atoms with E-state index in [0.29, 0.717) is 30.7 Å². The standard InChI is InChI=1S/C23H25N5O2/c1-26(12-13-30-2)22(29)20-14-19-21(28(20)23-24-10-5-11-25-23)17-6-3-4-7-18(17)27(19)15-16-8-9-16/h3-7,10-11,14,16H,8-9,12-13,15H2,1-2H3. The summed E-state index contributed by atoms with van der Waals surface area (Å²) in [5, 5.41) is 1.11. The average molecular weight is 403 g/mol. The first-order chi connectivity index (χ1) is 14.7. The zero-order valence-electron chi connectivity index (χ0n) is 17.3. The Labute approximate surface area is 174 Å². The zero-order valence-corrected chi connectivity index (χ0v) is 17.3. The molecule has 1 aromatic carbocycles. The number of carbonyl (C=O) groups excluding carboxylic acids is 1. The van der Waals surface area contributed by atoms with E-state index in [9.17, 15) is 4.79 Å². The summed E-state index contributed by atoms with van der Waals surface area (Å²) in [4.78, 5) is 24.0. The highest BCUT2D eigenvalue weighted by Gasteiger charge is 2.28. The van der Waals surface area contributed by atoms with Crippen LogP contribution in [0, 0.1) is 5.92 Å². The SMILES string of the molecule is COCCN(C)C(=O)c1cc2c(c3ccccc3n2CC2CC2)n1-c1ncccn1. The Kier molecular flexibility index (Phi) is 4.75. The van der Waals surface area contributed by atoms with Crippen molar-refractivity contribution in [3.8, 4) is 5.95 Å². The Balaban J connectivity index is 1.76. The molecule has 1 fully saturated rings. The molecule has 5 rings (SSSR count). The van der Waals surface area contributed by atoms with Gasteiger partial charge in [0.2, 0.25) is 5.95 Å². The molecule has 0 spiro atoms. The van der Waals surface area contributed by atoms with Crippen LogP contribution in [-0.4, -0.2) is 57.2 Å². The van der Waals surface area contributed by atoms with Crippen molar-refractivity contribution in [1.82, 2.24) is 24.0 Å². The quantitative estimate of drug-likeness (QED) is 0.474. The molecule has 0 bridgehead atoms. The fourth-order valence-corrected chi connectivity index (χ4v) is 4.05. The summed E-state index contributed by atoms with van der Waals surface area (Å²) < 4.78 is 9.42. The van der Waals surface area contributed by atoms with Gasteiger partial charge in [0.05, 0.1) is 23.2 Å². The van der Waals surface area contributed by atoms with Crippen molar-refractivity contribution >= 4 is 27.8 Å². The number of carbonyl (C=O) groups is 1. The molecule has 7 nitrogen and oxygen atoms in total. The smallest absolute Gasteiger partial charge is 0.270 e. The van der Waals surface area contributed by atoms with Crippen molar-refractivity contribution < 1.29 is 9.53 Å². The molecule has 0 N–H and O–H groups in total. The number of hydrogen-bond acceptors (Lipinski definition) is 4. The highest BCUT2D eigenvalue weighted by Crippen LogP contribution is 2.38. The molecule has 3 aromatic heterocycles. The van der Waals surface area contributed by atoms with Crippen molar-refractivity contribution in [2.24, 2.45) is 5.92 Å². The van der Waals surface area contributed by atoms with Crippen molar-refractivity contribution in [3.63, 3.8) is 0 Å². The number of amides is 1. The number of aromatic nitrogens is 4. The van der Waals surface area contributed by atoms with E-state index >= 15 is 0 Å². The number of hydrogen-bond donors (Lipinski definition) is 0. The predicted octanol–water partition coefficient (Wildman–Crippen LogP) is 3.50. The van der Waals surface area contributed by atoms with Gasteiger partial charge < -0.3 is 14.2 Å². The van der Waals surface area contributed by atoms with E-state index in [4.69, 9.17) is 4.74 Å². The molecule has 1 aliphatic rings. The second kappa shape index (κ2) is 7.57. The largest absolute Gasteiger partial charge is 0.383 e. The average Bonchev–Trinajstić information content (AvgIpc) is 3.45. The minimum Gasteiger partial charge on any atom is -0.383 e. The minimum absolute atomic E-state index is 0.0715. The number of nitrogens with zero attached hydrogens (tertiary/aromatic N) is 5. The van der Waals surface area contributed by atoms with Gasteiger partial charge in [0.1, 0.15) is 5.69 Å². The van der Waals surface area contributed by atoms with E-state index in [1.165, 1.54) is 18.4 Å². The maximum atomic E-state index is 13.4. The number of methoxy groups -OCH3 is 1. The lowest BCUT2D eigenvalue weighted by Gasteiger charge is -2.17.